The van der Waals surface area contributed by atoms with Crippen molar-refractivity contribution in [2.45, 2.75) is 25.8 Å². The van der Waals surface area contributed by atoms with E-state index in [9.17, 15) is 4.79 Å². The van der Waals surface area contributed by atoms with Crippen LogP contribution in [0.15, 0.2) is 16.2 Å². The first-order chi connectivity index (χ1) is 6.86. The van der Waals surface area contributed by atoms with Crippen LogP contribution in [-0.2, 0) is 13.0 Å². The molecule has 3 rings (SSSR count). The number of rotatable bonds is 0. The summed E-state index contributed by atoms with van der Waals surface area (Å²) in [4.78, 5) is 16.5. The van der Waals surface area contributed by atoms with Crippen molar-refractivity contribution in [2.24, 2.45) is 0 Å². The first-order valence-electron chi connectivity index (χ1n) is 4.83. The Balaban J connectivity index is 2.42. The Bertz CT molecular complexity index is 541. The Kier molecular flexibility index (Phi) is 1.70. The third-order valence-electron chi connectivity index (χ3n) is 2.68. The summed E-state index contributed by atoms with van der Waals surface area (Å²) in [7, 11) is 0. The van der Waals surface area contributed by atoms with Gasteiger partial charge in [-0.25, -0.2) is 4.98 Å². The van der Waals surface area contributed by atoms with Crippen LogP contribution in [0.3, 0.4) is 0 Å². The molecule has 0 amide bonds. The van der Waals surface area contributed by atoms with E-state index in [0.717, 1.165) is 41.8 Å². The van der Waals surface area contributed by atoms with Crippen molar-refractivity contribution < 1.29 is 0 Å². The van der Waals surface area contributed by atoms with Crippen LogP contribution in [0, 0.1) is 0 Å². The molecular weight excluding hydrogens is 196 g/mol. The van der Waals surface area contributed by atoms with E-state index in [1.807, 2.05) is 16.0 Å². The van der Waals surface area contributed by atoms with Gasteiger partial charge in [-0.3, -0.25) is 9.36 Å². The van der Waals surface area contributed by atoms with E-state index in [1.165, 1.54) is 11.3 Å². The molecule has 4 heteroatoms. The van der Waals surface area contributed by atoms with E-state index < -0.39 is 0 Å². The number of fused-ring (bicyclic) bond motifs is 2. The molecule has 2 aromatic rings. The van der Waals surface area contributed by atoms with E-state index in [2.05, 4.69) is 4.98 Å². The molecule has 1 aliphatic heterocycles. The highest BCUT2D eigenvalue weighted by molar-refractivity contribution is 7.17. The zero-order valence-corrected chi connectivity index (χ0v) is 8.51. The third kappa shape index (κ3) is 1.04. The predicted octanol–water partition coefficient (Wildman–Crippen LogP) is 1.79. The largest absolute Gasteiger partial charge is 0.295 e. The summed E-state index contributed by atoms with van der Waals surface area (Å²) in [5, 5.41) is 1.94. The quantitative estimate of drug-likeness (QED) is 0.658. The summed E-state index contributed by atoms with van der Waals surface area (Å²) in [6.45, 7) is 0.842. The molecule has 0 radical (unpaired) electrons. The Morgan fingerprint density at radius 3 is 3.29 bits per heavy atom. The van der Waals surface area contributed by atoms with Gasteiger partial charge < -0.3 is 0 Å². The first-order valence-corrected chi connectivity index (χ1v) is 5.71. The Hall–Kier alpha value is -1.16. The molecule has 0 aliphatic carbocycles. The van der Waals surface area contributed by atoms with Gasteiger partial charge in [-0.1, -0.05) is 0 Å². The van der Waals surface area contributed by atoms with Crippen molar-refractivity contribution in [3.63, 3.8) is 0 Å². The standard InChI is InChI=1S/C10H10N2OS/c13-10-9-7(4-6-14-9)11-8-3-1-2-5-12(8)10/h4,6H,1-3,5H2. The van der Waals surface area contributed by atoms with Gasteiger partial charge in [-0.05, 0) is 24.3 Å². The molecular formula is C10H10N2OS. The fraction of sp³-hybridized carbons (Fsp3) is 0.400. The van der Waals surface area contributed by atoms with Crippen molar-refractivity contribution in [3.05, 3.63) is 27.6 Å². The van der Waals surface area contributed by atoms with Crippen molar-refractivity contribution in [2.75, 3.05) is 0 Å². The zero-order chi connectivity index (χ0) is 9.54. The molecule has 14 heavy (non-hydrogen) atoms. The average molecular weight is 206 g/mol. The summed E-state index contributed by atoms with van der Waals surface area (Å²) in [5.74, 6) is 0.965. The van der Waals surface area contributed by atoms with Crippen LogP contribution in [0.25, 0.3) is 10.2 Å². The molecule has 0 N–H and O–H groups in total. The van der Waals surface area contributed by atoms with Crippen molar-refractivity contribution in [1.82, 2.24) is 9.55 Å². The van der Waals surface area contributed by atoms with Crippen LogP contribution in [0.2, 0.25) is 0 Å². The number of nitrogens with zero attached hydrogens (tertiary/aromatic N) is 2. The molecule has 0 bridgehead atoms. The smallest absolute Gasteiger partial charge is 0.271 e. The molecule has 3 nitrogen and oxygen atoms in total. The van der Waals surface area contributed by atoms with Gasteiger partial charge in [0, 0.05) is 13.0 Å². The number of aromatic nitrogens is 2. The Morgan fingerprint density at radius 2 is 2.36 bits per heavy atom. The van der Waals surface area contributed by atoms with Gasteiger partial charge in [-0.15, -0.1) is 11.3 Å². The number of hydrogen-bond acceptors (Lipinski definition) is 3. The molecule has 0 atom stereocenters. The van der Waals surface area contributed by atoms with Gasteiger partial charge in [0.1, 0.15) is 10.5 Å². The van der Waals surface area contributed by atoms with E-state index in [0.29, 0.717) is 0 Å². The van der Waals surface area contributed by atoms with Gasteiger partial charge >= 0.3 is 0 Å². The molecule has 0 fully saturated rings. The Morgan fingerprint density at radius 1 is 1.43 bits per heavy atom. The summed E-state index contributed by atoms with van der Waals surface area (Å²) in [5.41, 5.74) is 1.02. The topological polar surface area (TPSA) is 34.9 Å². The van der Waals surface area contributed by atoms with E-state index in [-0.39, 0.29) is 5.56 Å². The van der Waals surface area contributed by atoms with Gasteiger partial charge in [0.25, 0.3) is 5.56 Å². The number of thiophene rings is 1. The number of hydrogen-bond donors (Lipinski definition) is 0. The maximum absolute atomic E-state index is 12.0. The minimum Gasteiger partial charge on any atom is -0.295 e. The third-order valence-corrected chi connectivity index (χ3v) is 3.57. The van der Waals surface area contributed by atoms with Crippen molar-refractivity contribution in [1.29, 1.82) is 0 Å². The highest BCUT2D eigenvalue weighted by Crippen LogP contribution is 2.18. The molecule has 0 saturated carbocycles. The van der Waals surface area contributed by atoms with Crippen LogP contribution >= 0.6 is 11.3 Å². The second-order valence-electron chi connectivity index (χ2n) is 3.58. The average Bonchev–Trinajstić information content (AvgIpc) is 2.66. The van der Waals surface area contributed by atoms with Crippen LogP contribution in [0.4, 0.5) is 0 Å². The zero-order valence-electron chi connectivity index (χ0n) is 7.69. The molecule has 0 spiro atoms. The fourth-order valence-corrected chi connectivity index (χ4v) is 2.74. The minimum atomic E-state index is 0.153. The second-order valence-corrected chi connectivity index (χ2v) is 4.49. The molecule has 0 aromatic carbocycles. The van der Waals surface area contributed by atoms with Crippen LogP contribution in [0.5, 0.6) is 0 Å². The van der Waals surface area contributed by atoms with Crippen molar-refractivity contribution in [3.8, 4) is 0 Å². The summed E-state index contributed by atoms with van der Waals surface area (Å²) in [6, 6.07) is 1.93. The normalized spacial score (nSPS) is 15.7. The van der Waals surface area contributed by atoms with Crippen LogP contribution in [0.1, 0.15) is 18.7 Å². The van der Waals surface area contributed by atoms with Gasteiger partial charge in [0.2, 0.25) is 0 Å². The SMILES string of the molecule is O=c1c2sccc2nc2n1CCCC2. The maximum Gasteiger partial charge on any atom is 0.271 e. The lowest BCUT2D eigenvalue weighted by Crippen LogP contribution is -2.27. The van der Waals surface area contributed by atoms with Crippen LogP contribution in [-0.4, -0.2) is 9.55 Å². The van der Waals surface area contributed by atoms with Crippen molar-refractivity contribution >= 4 is 21.6 Å². The molecule has 0 saturated heterocycles. The highest BCUT2D eigenvalue weighted by Gasteiger charge is 2.14. The summed E-state index contributed by atoms with van der Waals surface area (Å²) in [6.07, 6.45) is 3.20. The molecule has 3 heterocycles. The molecule has 1 aliphatic rings. The monoisotopic (exact) mass is 206 g/mol. The first kappa shape index (κ1) is 8.17. The fourth-order valence-electron chi connectivity index (χ4n) is 1.96. The molecule has 0 unspecified atom stereocenters. The Labute approximate surface area is 85.0 Å². The van der Waals surface area contributed by atoms with E-state index in [4.69, 9.17) is 0 Å². The highest BCUT2D eigenvalue weighted by atomic mass is 32.1. The number of aryl methyl sites for hydroxylation is 1. The van der Waals surface area contributed by atoms with E-state index in [1.54, 1.807) is 0 Å². The molecule has 72 valence electrons. The predicted molar refractivity (Wildman–Crippen MR) is 56.8 cm³/mol. The van der Waals surface area contributed by atoms with Gasteiger partial charge in [0.05, 0.1) is 5.52 Å². The second kappa shape index (κ2) is 2.92. The minimum absolute atomic E-state index is 0.153. The lowest BCUT2D eigenvalue weighted by Gasteiger charge is -2.16. The lowest BCUT2D eigenvalue weighted by molar-refractivity contribution is 0.501. The maximum atomic E-state index is 12.0. The van der Waals surface area contributed by atoms with Crippen LogP contribution < -0.4 is 5.56 Å². The molecule has 2 aromatic heterocycles. The summed E-state index contributed by atoms with van der Waals surface area (Å²) < 4.78 is 2.64. The summed E-state index contributed by atoms with van der Waals surface area (Å²) >= 11 is 1.49. The van der Waals surface area contributed by atoms with Gasteiger partial charge in [-0.2, -0.15) is 0 Å². The van der Waals surface area contributed by atoms with E-state index >= 15 is 0 Å². The van der Waals surface area contributed by atoms with Gasteiger partial charge in [0.15, 0.2) is 0 Å². The lowest BCUT2D eigenvalue weighted by atomic mass is 10.1.